The van der Waals surface area contributed by atoms with E-state index in [0.717, 1.165) is 4.88 Å². The average Bonchev–Trinajstić information content (AvgIpc) is 2.68. The zero-order chi connectivity index (χ0) is 11.9. The number of fused-ring (bicyclic) bond motifs is 1. The Morgan fingerprint density at radius 1 is 1.50 bits per heavy atom. The summed E-state index contributed by atoms with van der Waals surface area (Å²) in [6, 6.07) is -0.263. The molecule has 0 saturated carbocycles. The van der Waals surface area contributed by atoms with Crippen LogP contribution in [0.1, 0.15) is 28.5 Å². The second kappa shape index (κ2) is 4.16. The fraction of sp³-hybridized carbons (Fsp3) is 0.364. The Balaban J connectivity index is 2.45. The maximum absolute atomic E-state index is 10.9. The van der Waals surface area contributed by atoms with Crippen LogP contribution in [-0.4, -0.2) is 5.91 Å². The zero-order valence-corrected chi connectivity index (χ0v) is 10.9. The van der Waals surface area contributed by atoms with Crippen molar-refractivity contribution < 1.29 is 4.79 Å². The van der Waals surface area contributed by atoms with Gasteiger partial charge >= 0.3 is 0 Å². The molecule has 0 aliphatic heterocycles. The number of amides is 1. The molecule has 2 rings (SSSR count). The lowest BCUT2D eigenvalue weighted by atomic mass is 10.1. The molecule has 3 nitrogen and oxygen atoms in total. The molecule has 0 spiro atoms. The second-order valence-corrected chi connectivity index (χ2v) is 6.14. The van der Waals surface area contributed by atoms with Crippen molar-refractivity contribution in [3.05, 3.63) is 21.4 Å². The van der Waals surface area contributed by atoms with Gasteiger partial charge < -0.3 is 11.5 Å². The van der Waals surface area contributed by atoms with E-state index in [9.17, 15) is 4.79 Å². The molecule has 0 aliphatic rings. The van der Waals surface area contributed by atoms with Gasteiger partial charge in [0.1, 0.15) is 0 Å². The molecule has 0 aliphatic carbocycles. The minimum atomic E-state index is -0.347. The molecule has 2 aromatic rings. The third kappa shape index (κ3) is 1.86. The number of thiophene rings is 2. The third-order valence-corrected chi connectivity index (χ3v) is 5.29. The SMILES string of the molecule is Cc1csc2sc(C(N)CC(N)=O)c(C)c12. The molecule has 5 heteroatoms. The normalized spacial score (nSPS) is 13.2. The maximum Gasteiger partial charge on any atom is 0.219 e. The molecule has 0 aromatic carbocycles. The molecule has 1 atom stereocenters. The van der Waals surface area contributed by atoms with Gasteiger partial charge in [-0.05, 0) is 30.4 Å². The molecular formula is C11H14N2OS2. The number of hydrogen-bond acceptors (Lipinski definition) is 4. The van der Waals surface area contributed by atoms with Gasteiger partial charge in [-0.1, -0.05) is 0 Å². The van der Waals surface area contributed by atoms with Gasteiger partial charge in [-0.2, -0.15) is 0 Å². The van der Waals surface area contributed by atoms with E-state index in [4.69, 9.17) is 11.5 Å². The number of nitrogens with two attached hydrogens (primary N) is 2. The predicted molar refractivity (Wildman–Crippen MR) is 69.9 cm³/mol. The number of carbonyl (C=O) groups excluding carboxylic acids is 1. The Morgan fingerprint density at radius 2 is 2.19 bits per heavy atom. The van der Waals surface area contributed by atoms with Gasteiger partial charge in [-0.15, -0.1) is 22.7 Å². The van der Waals surface area contributed by atoms with E-state index in [-0.39, 0.29) is 18.4 Å². The molecule has 2 aromatic heterocycles. The predicted octanol–water partition coefficient (Wildman–Crippen LogP) is 2.45. The van der Waals surface area contributed by atoms with Crippen molar-refractivity contribution in [2.24, 2.45) is 11.5 Å². The Labute approximate surface area is 102 Å². The van der Waals surface area contributed by atoms with Crippen molar-refractivity contribution in [2.45, 2.75) is 26.3 Å². The van der Waals surface area contributed by atoms with Gasteiger partial charge in [0, 0.05) is 22.7 Å². The van der Waals surface area contributed by atoms with E-state index in [0.29, 0.717) is 0 Å². The molecule has 2 heterocycles. The Bertz CT molecular complexity index is 541. The van der Waals surface area contributed by atoms with Crippen LogP contribution in [-0.2, 0) is 4.79 Å². The number of hydrogen-bond donors (Lipinski definition) is 2. The molecule has 1 unspecified atom stereocenters. The Kier molecular flexibility index (Phi) is 3.01. The molecule has 0 saturated heterocycles. The van der Waals surface area contributed by atoms with Crippen molar-refractivity contribution in [1.29, 1.82) is 0 Å². The number of rotatable bonds is 3. The topological polar surface area (TPSA) is 69.1 Å². The van der Waals surface area contributed by atoms with Crippen molar-refractivity contribution in [3.8, 4) is 0 Å². The van der Waals surface area contributed by atoms with Crippen LogP contribution in [0.5, 0.6) is 0 Å². The monoisotopic (exact) mass is 254 g/mol. The lowest BCUT2D eigenvalue weighted by Gasteiger charge is -2.08. The highest BCUT2D eigenvalue weighted by Gasteiger charge is 2.18. The van der Waals surface area contributed by atoms with Gasteiger partial charge in [0.2, 0.25) is 5.91 Å². The molecular weight excluding hydrogens is 240 g/mol. The number of aryl methyl sites for hydroxylation is 2. The minimum absolute atomic E-state index is 0.216. The van der Waals surface area contributed by atoms with E-state index < -0.39 is 0 Å². The van der Waals surface area contributed by atoms with Crippen LogP contribution in [0.15, 0.2) is 5.38 Å². The fourth-order valence-corrected chi connectivity index (χ4v) is 4.45. The van der Waals surface area contributed by atoms with Gasteiger partial charge in [-0.3, -0.25) is 4.79 Å². The van der Waals surface area contributed by atoms with Crippen LogP contribution >= 0.6 is 22.7 Å². The third-order valence-electron chi connectivity index (χ3n) is 2.65. The van der Waals surface area contributed by atoms with Crippen LogP contribution in [0.4, 0.5) is 0 Å². The second-order valence-electron chi connectivity index (χ2n) is 3.95. The van der Waals surface area contributed by atoms with Gasteiger partial charge in [0.25, 0.3) is 0 Å². The summed E-state index contributed by atoms with van der Waals surface area (Å²) in [6.45, 7) is 4.16. The van der Waals surface area contributed by atoms with Crippen molar-refractivity contribution in [1.82, 2.24) is 0 Å². The molecule has 86 valence electrons. The summed E-state index contributed by atoms with van der Waals surface area (Å²) in [5.41, 5.74) is 13.6. The molecule has 0 bridgehead atoms. The van der Waals surface area contributed by atoms with E-state index in [1.807, 2.05) is 0 Å². The summed E-state index contributed by atoms with van der Waals surface area (Å²) < 4.78 is 1.28. The van der Waals surface area contributed by atoms with E-state index in [1.54, 1.807) is 22.7 Å². The van der Waals surface area contributed by atoms with E-state index in [2.05, 4.69) is 19.2 Å². The molecule has 4 N–H and O–H groups in total. The standard InChI is InChI=1S/C11H14N2OS2/c1-5-4-15-11-9(5)6(2)10(16-11)7(12)3-8(13)14/h4,7H,3,12H2,1-2H3,(H2,13,14). The van der Waals surface area contributed by atoms with Crippen LogP contribution in [0.2, 0.25) is 0 Å². The van der Waals surface area contributed by atoms with Crippen LogP contribution in [0.3, 0.4) is 0 Å². The smallest absolute Gasteiger partial charge is 0.219 e. The first kappa shape index (κ1) is 11.6. The van der Waals surface area contributed by atoms with Gasteiger partial charge in [-0.25, -0.2) is 0 Å². The van der Waals surface area contributed by atoms with Crippen LogP contribution in [0.25, 0.3) is 9.40 Å². The minimum Gasteiger partial charge on any atom is -0.370 e. The largest absolute Gasteiger partial charge is 0.370 e. The van der Waals surface area contributed by atoms with Crippen molar-refractivity contribution in [2.75, 3.05) is 0 Å². The number of primary amides is 1. The highest BCUT2D eigenvalue weighted by atomic mass is 32.2. The first-order valence-electron chi connectivity index (χ1n) is 5.01. The molecule has 16 heavy (non-hydrogen) atoms. The fourth-order valence-electron chi connectivity index (χ4n) is 1.91. The number of carbonyl (C=O) groups is 1. The van der Waals surface area contributed by atoms with Gasteiger partial charge in [0.05, 0.1) is 4.01 Å². The lowest BCUT2D eigenvalue weighted by Crippen LogP contribution is -2.20. The van der Waals surface area contributed by atoms with E-state index in [1.165, 1.54) is 20.5 Å². The molecule has 0 fully saturated rings. The zero-order valence-electron chi connectivity index (χ0n) is 9.24. The highest BCUT2D eigenvalue weighted by Crippen LogP contribution is 2.40. The van der Waals surface area contributed by atoms with Gasteiger partial charge in [0.15, 0.2) is 0 Å². The summed E-state index contributed by atoms with van der Waals surface area (Å²) in [6.07, 6.45) is 0.216. The Hall–Kier alpha value is -0.910. The first-order valence-corrected chi connectivity index (χ1v) is 6.71. The maximum atomic E-state index is 10.9. The van der Waals surface area contributed by atoms with Crippen LogP contribution in [0, 0.1) is 13.8 Å². The summed E-state index contributed by atoms with van der Waals surface area (Å²) in [5.74, 6) is -0.347. The summed E-state index contributed by atoms with van der Waals surface area (Å²) in [4.78, 5) is 12.0. The summed E-state index contributed by atoms with van der Waals surface area (Å²) >= 11 is 3.41. The van der Waals surface area contributed by atoms with Crippen molar-refractivity contribution >= 4 is 38.0 Å². The average molecular weight is 254 g/mol. The lowest BCUT2D eigenvalue weighted by molar-refractivity contribution is -0.118. The molecule has 0 radical (unpaired) electrons. The van der Waals surface area contributed by atoms with Crippen LogP contribution < -0.4 is 11.5 Å². The summed E-state index contributed by atoms with van der Waals surface area (Å²) in [5, 5.41) is 3.45. The highest BCUT2D eigenvalue weighted by molar-refractivity contribution is 7.37. The van der Waals surface area contributed by atoms with E-state index >= 15 is 0 Å². The van der Waals surface area contributed by atoms with Crippen molar-refractivity contribution in [3.63, 3.8) is 0 Å². The molecule has 1 amide bonds. The Morgan fingerprint density at radius 3 is 2.75 bits per heavy atom. The summed E-state index contributed by atoms with van der Waals surface area (Å²) in [7, 11) is 0. The first-order chi connectivity index (χ1) is 7.50. The quantitative estimate of drug-likeness (QED) is 0.883.